The van der Waals surface area contributed by atoms with E-state index in [1.165, 1.54) is 19.4 Å². The molecule has 1 unspecified atom stereocenters. The molecule has 0 spiro atoms. The van der Waals surface area contributed by atoms with Gasteiger partial charge in [-0.15, -0.1) is 0 Å². The molecule has 1 aromatic carbocycles. The van der Waals surface area contributed by atoms with Crippen LogP contribution in [-0.4, -0.2) is 42.7 Å². The van der Waals surface area contributed by atoms with E-state index in [0.29, 0.717) is 11.5 Å². The molecule has 1 fully saturated rings. The van der Waals surface area contributed by atoms with Crippen molar-refractivity contribution in [2.24, 2.45) is 5.92 Å². The Morgan fingerprint density at radius 1 is 1.53 bits per heavy atom. The number of rotatable bonds is 4. The van der Waals surface area contributed by atoms with Crippen molar-refractivity contribution in [1.82, 2.24) is 4.90 Å². The zero-order valence-corrected chi connectivity index (χ0v) is 11.6. The van der Waals surface area contributed by atoms with E-state index in [0.717, 1.165) is 24.3 Å². The van der Waals surface area contributed by atoms with Crippen molar-refractivity contribution < 1.29 is 9.90 Å². The summed E-state index contributed by atoms with van der Waals surface area (Å²) in [7, 11) is 2.16. The van der Waals surface area contributed by atoms with Crippen LogP contribution in [0.25, 0.3) is 0 Å². The van der Waals surface area contributed by atoms with Gasteiger partial charge in [0.05, 0.1) is 5.56 Å². The first-order valence-electron chi connectivity index (χ1n) is 6.82. The molecule has 1 heterocycles. The standard InChI is InChI=1S/C15H22N2O2/c1-11-5-6-13(15(18)19)8-14(11)16-9-12-4-3-7-17(2)10-12/h5-6,8,12,16H,3-4,7,9-10H2,1-2H3,(H,18,19). The summed E-state index contributed by atoms with van der Waals surface area (Å²) in [6.07, 6.45) is 2.49. The van der Waals surface area contributed by atoms with Gasteiger partial charge in [0.2, 0.25) is 0 Å². The molecule has 4 nitrogen and oxygen atoms in total. The number of benzene rings is 1. The predicted molar refractivity (Wildman–Crippen MR) is 76.8 cm³/mol. The third kappa shape index (κ3) is 3.70. The molecule has 0 radical (unpaired) electrons. The summed E-state index contributed by atoms with van der Waals surface area (Å²) < 4.78 is 0. The van der Waals surface area contributed by atoms with Crippen molar-refractivity contribution in [3.8, 4) is 0 Å². The van der Waals surface area contributed by atoms with Gasteiger partial charge in [0, 0.05) is 18.8 Å². The second-order valence-corrected chi connectivity index (χ2v) is 5.49. The number of carbonyl (C=O) groups is 1. The van der Waals surface area contributed by atoms with Gasteiger partial charge in [-0.2, -0.15) is 0 Å². The Bertz CT molecular complexity index is 459. The molecule has 1 atom stereocenters. The van der Waals surface area contributed by atoms with Gasteiger partial charge in [-0.1, -0.05) is 6.07 Å². The van der Waals surface area contributed by atoms with Crippen LogP contribution < -0.4 is 5.32 Å². The van der Waals surface area contributed by atoms with Gasteiger partial charge >= 0.3 is 5.97 Å². The van der Waals surface area contributed by atoms with Crippen molar-refractivity contribution in [3.05, 3.63) is 29.3 Å². The monoisotopic (exact) mass is 262 g/mol. The number of aryl methyl sites for hydroxylation is 1. The Morgan fingerprint density at radius 2 is 2.32 bits per heavy atom. The van der Waals surface area contributed by atoms with Crippen LogP contribution in [0.5, 0.6) is 0 Å². The number of carboxylic acids is 1. The molecule has 104 valence electrons. The highest BCUT2D eigenvalue weighted by Gasteiger charge is 2.17. The summed E-state index contributed by atoms with van der Waals surface area (Å²) >= 11 is 0. The molecule has 0 aliphatic carbocycles. The SMILES string of the molecule is Cc1ccc(C(=O)O)cc1NCC1CCCN(C)C1. The van der Waals surface area contributed by atoms with E-state index in [1.807, 2.05) is 13.0 Å². The number of carboxylic acid groups (broad SMARTS) is 1. The molecule has 1 aliphatic rings. The second kappa shape index (κ2) is 6.06. The Labute approximate surface area is 114 Å². The number of aromatic carboxylic acids is 1. The first-order valence-corrected chi connectivity index (χ1v) is 6.82. The summed E-state index contributed by atoms with van der Waals surface area (Å²) in [6.45, 7) is 5.21. The lowest BCUT2D eigenvalue weighted by Crippen LogP contribution is -2.35. The van der Waals surface area contributed by atoms with Crippen LogP contribution in [0.15, 0.2) is 18.2 Å². The zero-order valence-electron chi connectivity index (χ0n) is 11.6. The molecule has 1 aliphatic heterocycles. The smallest absolute Gasteiger partial charge is 0.335 e. The fraction of sp³-hybridized carbons (Fsp3) is 0.533. The van der Waals surface area contributed by atoms with Crippen molar-refractivity contribution in [2.45, 2.75) is 19.8 Å². The molecular weight excluding hydrogens is 240 g/mol. The third-order valence-electron chi connectivity index (χ3n) is 3.79. The largest absolute Gasteiger partial charge is 0.478 e. The molecule has 2 N–H and O–H groups in total. The van der Waals surface area contributed by atoms with Gasteiger partial charge in [0.15, 0.2) is 0 Å². The maximum Gasteiger partial charge on any atom is 0.335 e. The van der Waals surface area contributed by atoms with Crippen molar-refractivity contribution in [3.63, 3.8) is 0 Å². The molecule has 4 heteroatoms. The van der Waals surface area contributed by atoms with Gasteiger partial charge in [-0.05, 0) is 57.0 Å². The zero-order chi connectivity index (χ0) is 13.8. The minimum absolute atomic E-state index is 0.342. The average Bonchev–Trinajstić information content (AvgIpc) is 2.37. The number of anilines is 1. The number of piperidine rings is 1. The summed E-state index contributed by atoms with van der Waals surface area (Å²) in [5, 5.41) is 12.4. The minimum atomic E-state index is -0.875. The molecular formula is C15H22N2O2. The lowest BCUT2D eigenvalue weighted by atomic mass is 9.98. The molecule has 0 amide bonds. The maximum absolute atomic E-state index is 11.0. The van der Waals surface area contributed by atoms with Crippen molar-refractivity contribution in [1.29, 1.82) is 0 Å². The van der Waals surface area contributed by atoms with Crippen LogP contribution in [-0.2, 0) is 0 Å². The van der Waals surface area contributed by atoms with Crippen LogP contribution in [0.1, 0.15) is 28.8 Å². The summed E-state index contributed by atoms with van der Waals surface area (Å²) in [5.74, 6) is -0.230. The Kier molecular flexibility index (Phi) is 4.43. The molecule has 19 heavy (non-hydrogen) atoms. The highest BCUT2D eigenvalue weighted by atomic mass is 16.4. The predicted octanol–water partition coefficient (Wildman–Crippen LogP) is 2.45. The van der Waals surface area contributed by atoms with Crippen LogP contribution in [0.3, 0.4) is 0 Å². The maximum atomic E-state index is 11.0. The Morgan fingerprint density at radius 3 is 3.00 bits per heavy atom. The van der Waals surface area contributed by atoms with Crippen LogP contribution in [0.2, 0.25) is 0 Å². The minimum Gasteiger partial charge on any atom is -0.478 e. The summed E-state index contributed by atoms with van der Waals surface area (Å²) in [6, 6.07) is 5.24. The fourth-order valence-electron chi connectivity index (χ4n) is 2.64. The number of hydrogen-bond donors (Lipinski definition) is 2. The topological polar surface area (TPSA) is 52.6 Å². The number of nitrogens with one attached hydrogen (secondary N) is 1. The highest BCUT2D eigenvalue weighted by molar-refractivity contribution is 5.89. The quantitative estimate of drug-likeness (QED) is 0.875. The molecule has 0 aromatic heterocycles. The van der Waals surface area contributed by atoms with Gasteiger partial charge in [-0.25, -0.2) is 4.79 Å². The van der Waals surface area contributed by atoms with E-state index < -0.39 is 5.97 Å². The van der Waals surface area contributed by atoms with Crippen molar-refractivity contribution in [2.75, 3.05) is 32.0 Å². The molecule has 0 bridgehead atoms. The van der Waals surface area contributed by atoms with E-state index in [2.05, 4.69) is 17.3 Å². The first-order chi connectivity index (χ1) is 9.06. The number of hydrogen-bond acceptors (Lipinski definition) is 3. The van der Waals surface area contributed by atoms with Crippen LogP contribution >= 0.6 is 0 Å². The van der Waals surface area contributed by atoms with Crippen LogP contribution in [0.4, 0.5) is 5.69 Å². The molecule has 1 saturated heterocycles. The number of likely N-dealkylation sites (tertiary alicyclic amines) is 1. The molecule has 0 saturated carbocycles. The first kappa shape index (κ1) is 13.9. The van der Waals surface area contributed by atoms with Crippen LogP contribution in [0, 0.1) is 12.8 Å². The lowest BCUT2D eigenvalue weighted by molar-refractivity contribution is 0.0697. The second-order valence-electron chi connectivity index (χ2n) is 5.49. The van der Waals surface area contributed by atoms with Crippen molar-refractivity contribution >= 4 is 11.7 Å². The lowest BCUT2D eigenvalue weighted by Gasteiger charge is -2.30. The van der Waals surface area contributed by atoms with E-state index >= 15 is 0 Å². The Balaban J connectivity index is 1.98. The van der Waals surface area contributed by atoms with Gasteiger partial charge in [0.1, 0.15) is 0 Å². The highest BCUT2D eigenvalue weighted by Crippen LogP contribution is 2.20. The fourth-order valence-corrected chi connectivity index (χ4v) is 2.64. The van der Waals surface area contributed by atoms with E-state index in [9.17, 15) is 4.79 Å². The summed E-state index contributed by atoms with van der Waals surface area (Å²) in [4.78, 5) is 13.3. The number of nitrogens with zero attached hydrogens (tertiary/aromatic N) is 1. The van der Waals surface area contributed by atoms with E-state index in [-0.39, 0.29) is 0 Å². The molecule has 1 aromatic rings. The Hall–Kier alpha value is -1.55. The average molecular weight is 262 g/mol. The van der Waals surface area contributed by atoms with Gasteiger partial charge in [-0.3, -0.25) is 0 Å². The van der Waals surface area contributed by atoms with Gasteiger partial charge < -0.3 is 15.3 Å². The summed E-state index contributed by atoms with van der Waals surface area (Å²) in [5.41, 5.74) is 2.37. The van der Waals surface area contributed by atoms with E-state index in [4.69, 9.17) is 5.11 Å². The third-order valence-corrected chi connectivity index (χ3v) is 3.79. The van der Waals surface area contributed by atoms with E-state index in [1.54, 1.807) is 12.1 Å². The van der Waals surface area contributed by atoms with Gasteiger partial charge in [0.25, 0.3) is 0 Å². The normalized spacial score (nSPS) is 20.2. The molecule has 2 rings (SSSR count).